The predicted molar refractivity (Wildman–Crippen MR) is 80.6 cm³/mol. The molecule has 0 saturated heterocycles. The molecule has 0 spiro atoms. The van der Waals surface area contributed by atoms with Crippen LogP contribution in [0.15, 0.2) is 60.7 Å². The van der Waals surface area contributed by atoms with Crippen LogP contribution in [0.3, 0.4) is 0 Å². The second-order valence-corrected chi connectivity index (χ2v) is 4.89. The third-order valence-corrected chi connectivity index (χ3v) is 3.39. The highest BCUT2D eigenvalue weighted by Crippen LogP contribution is 2.33. The quantitative estimate of drug-likeness (QED) is 0.707. The molecule has 6 heteroatoms. The molecule has 0 bridgehead atoms. The van der Waals surface area contributed by atoms with E-state index in [1.807, 2.05) is 6.07 Å². The highest BCUT2D eigenvalue weighted by Gasteiger charge is 2.35. The van der Waals surface area contributed by atoms with Crippen molar-refractivity contribution in [1.82, 2.24) is 9.78 Å². The summed E-state index contributed by atoms with van der Waals surface area (Å²) >= 11 is 0. The van der Waals surface area contributed by atoms with Crippen molar-refractivity contribution >= 4 is 0 Å². The number of aromatic nitrogens is 2. The molecule has 0 amide bonds. The van der Waals surface area contributed by atoms with Gasteiger partial charge in [0.25, 0.3) is 0 Å². The summed E-state index contributed by atoms with van der Waals surface area (Å²) in [6, 6.07) is 16.6. The fourth-order valence-corrected chi connectivity index (χ4v) is 2.25. The van der Waals surface area contributed by atoms with Crippen LogP contribution in [0.2, 0.25) is 0 Å². The number of halogens is 3. The van der Waals surface area contributed by atoms with E-state index in [0.29, 0.717) is 22.7 Å². The lowest BCUT2D eigenvalue weighted by atomic mass is 10.1. The van der Waals surface area contributed by atoms with E-state index in [-0.39, 0.29) is 0 Å². The molecular formula is C17H13F3N2O. The summed E-state index contributed by atoms with van der Waals surface area (Å²) in [7, 11) is 1.53. The predicted octanol–water partition coefficient (Wildman–Crippen LogP) is 4.57. The van der Waals surface area contributed by atoms with Crippen LogP contribution >= 0.6 is 0 Å². The summed E-state index contributed by atoms with van der Waals surface area (Å²) in [6.07, 6.45) is -4.50. The molecule has 3 nitrogen and oxygen atoms in total. The Hall–Kier alpha value is -2.76. The van der Waals surface area contributed by atoms with Crippen LogP contribution in [0.5, 0.6) is 5.75 Å². The van der Waals surface area contributed by atoms with Crippen LogP contribution in [0.25, 0.3) is 16.9 Å². The highest BCUT2D eigenvalue weighted by atomic mass is 19.4. The number of rotatable bonds is 3. The van der Waals surface area contributed by atoms with Gasteiger partial charge in [-0.3, -0.25) is 0 Å². The molecule has 0 atom stereocenters. The molecule has 1 heterocycles. The first-order valence-corrected chi connectivity index (χ1v) is 6.86. The minimum Gasteiger partial charge on any atom is -0.497 e. The molecular weight excluding hydrogens is 305 g/mol. The van der Waals surface area contributed by atoms with Gasteiger partial charge in [0.2, 0.25) is 0 Å². The van der Waals surface area contributed by atoms with Gasteiger partial charge >= 0.3 is 6.18 Å². The van der Waals surface area contributed by atoms with Crippen molar-refractivity contribution in [2.75, 3.05) is 7.11 Å². The lowest BCUT2D eigenvalue weighted by Crippen LogP contribution is -2.07. The maximum Gasteiger partial charge on any atom is 0.435 e. The van der Waals surface area contributed by atoms with Crippen molar-refractivity contribution in [2.45, 2.75) is 6.18 Å². The van der Waals surface area contributed by atoms with Gasteiger partial charge in [0.1, 0.15) is 5.75 Å². The number of ether oxygens (including phenoxy) is 1. The summed E-state index contributed by atoms with van der Waals surface area (Å²) in [4.78, 5) is 0. The van der Waals surface area contributed by atoms with Gasteiger partial charge in [-0.15, -0.1) is 0 Å². The van der Waals surface area contributed by atoms with Crippen molar-refractivity contribution < 1.29 is 17.9 Å². The van der Waals surface area contributed by atoms with Crippen molar-refractivity contribution in [1.29, 1.82) is 0 Å². The highest BCUT2D eigenvalue weighted by molar-refractivity contribution is 5.63. The van der Waals surface area contributed by atoms with E-state index in [1.165, 1.54) is 11.8 Å². The number of hydrogen-bond acceptors (Lipinski definition) is 2. The molecule has 23 heavy (non-hydrogen) atoms. The van der Waals surface area contributed by atoms with E-state index >= 15 is 0 Å². The minimum absolute atomic E-state index is 0.378. The minimum atomic E-state index is -4.50. The zero-order valence-corrected chi connectivity index (χ0v) is 12.2. The van der Waals surface area contributed by atoms with Crippen molar-refractivity contribution in [3.8, 4) is 22.7 Å². The van der Waals surface area contributed by atoms with Crippen LogP contribution in [0.1, 0.15) is 5.69 Å². The van der Waals surface area contributed by atoms with Crippen molar-refractivity contribution in [3.63, 3.8) is 0 Å². The number of nitrogens with zero attached hydrogens (tertiary/aromatic N) is 2. The van der Waals surface area contributed by atoms with Gasteiger partial charge in [-0.1, -0.05) is 30.3 Å². The maximum absolute atomic E-state index is 13.0. The zero-order chi connectivity index (χ0) is 16.4. The van der Waals surface area contributed by atoms with Gasteiger partial charge < -0.3 is 4.74 Å². The second kappa shape index (κ2) is 5.79. The largest absolute Gasteiger partial charge is 0.497 e. The average Bonchev–Trinajstić information content (AvgIpc) is 3.01. The fraction of sp³-hybridized carbons (Fsp3) is 0.118. The second-order valence-electron chi connectivity index (χ2n) is 4.89. The summed E-state index contributed by atoms with van der Waals surface area (Å²) in [5, 5.41) is 3.73. The average molecular weight is 318 g/mol. The Kier molecular flexibility index (Phi) is 3.82. The SMILES string of the molecule is COc1ccc(-n2nc(C(F)(F)F)cc2-c2ccccc2)cc1. The van der Waals surface area contributed by atoms with E-state index in [1.54, 1.807) is 48.5 Å². The van der Waals surface area contributed by atoms with Gasteiger partial charge in [-0.05, 0) is 30.3 Å². The molecule has 3 rings (SSSR count). The first-order valence-electron chi connectivity index (χ1n) is 6.86. The Labute approximate surface area is 130 Å². The molecule has 0 aliphatic carbocycles. The van der Waals surface area contributed by atoms with Gasteiger partial charge in [-0.2, -0.15) is 18.3 Å². The maximum atomic E-state index is 13.0. The molecule has 3 aromatic rings. The van der Waals surface area contributed by atoms with Crippen LogP contribution in [-0.4, -0.2) is 16.9 Å². The molecule has 0 N–H and O–H groups in total. The Balaban J connectivity index is 2.15. The lowest BCUT2D eigenvalue weighted by molar-refractivity contribution is -0.141. The summed E-state index contributed by atoms with van der Waals surface area (Å²) < 4.78 is 45.5. The fourth-order valence-electron chi connectivity index (χ4n) is 2.25. The molecule has 0 unspecified atom stereocenters. The van der Waals surface area contributed by atoms with E-state index in [2.05, 4.69) is 5.10 Å². The van der Waals surface area contributed by atoms with Crippen LogP contribution in [0.4, 0.5) is 13.2 Å². The molecule has 2 aromatic carbocycles. The van der Waals surface area contributed by atoms with Gasteiger partial charge in [0.15, 0.2) is 5.69 Å². The molecule has 118 valence electrons. The Morgan fingerprint density at radius 2 is 1.61 bits per heavy atom. The normalized spacial score (nSPS) is 11.5. The van der Waals surface area contributed by atoms with E-state index < -0.39 is 11.9 Å². The molecule has 0 radical (unpaired) electrons. The standard InChI is InChI=1S/C17H13F3N2O/c1-23-14-9-7-13(8-10-14)22-15(12-5-3-2-4-6-12)11-16(21-22)17(18,19)20/h2-11H,1H3. The summed E-state index contributed by atoms with van der Waals surface area (Å²) in [5.74, 6) is 0.623. The van der Waals surface area contributed by atoms with Crippen molar-refractivity contribution in [2.24, 2.45) is 0 Å². The van der Waals surface area contributed by atoms with Crippen LogP contribution < -0.4 is 4.74 Å². The van der Waals surface area contributed by atoms with Gasteiger partial charge in [0.05, 0.1) is 18.5 Å². The summed E-state index contributed by atoms with van der Waals surface area (Å²) in [5.41, 5.74) is 0.640. The molecule has 1 aromatic heterocycles. The first kappa shape index (κ1) is 15.1. The first-order chi connectivity index (χ1) is 11.0. The Morgan fingerprint density at radius 3 is 2.17 bits per heavy atom. The van der Waals surface area contributed by atoms with E-state index in [9.17, 15) is 13.2 Å². The molecule has 0 fully saturated rings. The number of hydrogen-bond donors (Lipinski definition) is 0. The monoisotopic (exact) mass is 318 g/mol. The van der Waals surface area contributed by atoms with Crippen molar-refractivity contribution in [3.05, 3.63) is 66.4 Å². The van der Waals surface area contributed by atoms with Crippen LogP contribution in [-0.2, 0) is 6.18 Å². The third-order valence-electron chi connectivity index (χ3n) is 3.39. The zero-order valence-electron chi connectivity index (χ0n) is 12.2. The Morgan fingerprint density at radius 1 is 0.957 bits per heavy atom. The lowest BCUT2D eigenvalue weighted by Gasteiger charge is -2.08. The van der Waals surface area contributed by atoms with E-state index in [4.69, 9.17) is 4.74 Å². The van der Waals surface area contributed by atoms with Gasteiger partial charge in [0, 0.05) is 5.56 Å². The number of benzene rings is 2. The molecule has 0 saturated carbocycles. The summed E-state index contributed by atoms with van der Waals surface area (Å²) in [6.45, 7) is 0. The number of alkyl halides is 3. The van der Waals surface area contributed by atoms with Crippen LogP contribution in [0, 0.1) is 0 Å². The Bertz CT molecular complexity index is 793. The third kappa shape index (κ3) is 3.06. The topological polar surface area (TPSA) is 27.1 Å². The smallest absolute Gasteiger partial charge is 0.435 e. The van der Waals surface area contributed by atoms with E-state index in [0.717, 1.165) is 6.07 Å². The van der Waals surface area contributed by atoms with Gasteiger partial charge in [-0.25, -0.2) is 4.68 Å². The molecule has 0 aliphatic heterocycles. The molecule has 0 aliphatic rings. The number of methoxy groups -OCH3 is 1.